The number of hydrogen-bond donors (Lipinski definition) is 2. The first-order valence-electron chi connectivity index (χ1n) is 11.4. The molecule has 0 spiro atoms. The Morgan fingerprint density at radius 1 is 0.892 bits per heavy atom. The summed E-state index contributed by atoms with van der Waals surface area (Å²) in [4.78, 5) is 13.1. The van der Waals surface area contributed by atoms with Crippen LogP contribution in [0.1, 0.15) is 12.8 Å². The van der Waals surface area contributed by atoms with E-state index in [-0.39, 0.29) is 22.2 Å². The van der Waals surface area contributed by atoms with Gasteiger partial charge in [0, 0.05) is 28.9 Å². The van der Waals surface area contributed by atoms with E-state index in [2.05, 4.69) is 26.0 Å². The molecule has 0 aliphatic carbocycles. The Hall–Kier alpha value is -2.93. The molecule has 12 heteroatoms. The highest BCUT2D eigenvalue weighted by molar-refractivity contribution is 9.10. The summed E-state index contributed by atoms with van der Waals surface area (Å²) >= 11 is 3.31. The second-order valence-electron chi connectivity index (χ2n) is 8.50. The van der Waals surface area contributed by atoms with Crippen molar-refractivity contribution in [1.82, 2.24) is 4.31 Å². The molecule has 0 aromatic heterocycles. The van der Waals surface area contributed by atoms with Crippen LogP contribution in [0.5, 0.6) is 5.75 Å². The van der Waals surface area contributed by atoms with Crippen LogP contribution in [0.3, 0.4) is 0 Å². The molecule has 1 atom stereocenters. The van der Waals surface area contributed by atoms with E-state index in [1.165, 1.54) is 47.8 Å². The average Bonchev–Trinajstić information content (AvgIpc) is 2.90. The van der Waals surface area contributed by atoms with Crippen molar-refractivity contribution >= 4 is 53.3 Å². The van der Waals surface area contributed by atoms with Gasteiger partial charge in [0.1, 0.15) is 5.75 Å². The number of methoxy groups -OCH3 is 1. The summed E-state index contributed by atoms with van der Waals surface area (Å²) in [7, 11) is -6.06. The third kappa shape index (κ3) is 6.50. The highest BCUT2D eigenvalue weighted by atomic mass is 79.9. The van der Waals surface area contributed by atoms with Gasteiger partial charge in [-0.1, -0.05) is 15.9 Å². The van der Waals surface area contributed by atoms with Crippen LogP contribution in [0.15, 0.2) is 87.1 Å². The number of anilines is 2. The van der Waals surface area contributed by atoms with Crippen molar-refractivity contribution in [2.45, 2.75) is 22.6 Å². The number of sulfonamides is 2. The zero-order valence-electron chi connectivity index (χ0n) is 19.9. The van der Waals surface area contributed by atoms with Crippen molar-refractivity contribution in [3.05, 3.63) is 77.3 Å². The van der Waals surface area contributed by atoms with E-state index in [0.29, 0.717) is 36.5 Å². The predicted molar refractivity (Wildman–Crippen MR) is 144 cm³/mol. The number of piperidine rings is 1. The summed E-state index contributed by atoms with van der Waals surface area (Å²) in [5, 5.41) is 2.78. The zero-order valence-corrected chi connectivity index (χ0v) is 23.1. The number of amides is 1. The van der Waals surface area contributed by atoms with Crippen molar-refractivity contribution < 1.29 is 26.4 Å². The largest absolute Gasteiger partial charge is 0.497 e. The highest BCUT2D eigenvalue weighted by Crippen LogP contribution is 2.26. The van der Waals surface area contributed by atoms with Crippen LogP contribution >= 0.6 is 15.9 Å². The van der Waals surface area contributed by atoms with Gasteiger partial charge in [0.25, 0.3) is 10.0 Å². The van der Waals surface area contributed by atoms with E-state index in [1.807, 2.05) is 0 Å². The minimum Gasteiger partial charge on any atom is -0.497 e. The number of halogens is 1. The van der Waals surface area contributed by atoms with E-state index in [1.54, 1.807) is 36.4 Å². The molecule has 3 aromatic carbocycles. The number of ether oxygens (including phenoxy) is 1. The molecule has 9 nitrogen and oxygen atoms in total. The molecular weight excluding hydrogens is 582 g/mol. The maximum atomic E-state index is 13.1. The summed E-state index contributed by atoms with van der Waals surface area (Å²) in [6.07, 6.45) is 1.09. The normalized spacial score (nSPS) is 16.6. The van der Waals surface area contributed by atoms with Gasteiger partial charge in [-0.05, 0) is 85.6 Å². The first-order chi connectivity index (χ1) is 17.6. The lowest BCUT2D eigenvalue weighted by molar-refractivity contribution is -0.120. The minimum absolute atomic E-state index is 0.0443. The Labute approximate surface area is 225 Å². The first-order valence-corrected chi connectivity index (χ1v) is 15.1. The molecule has 2 N–H and O–H groups in total. The van der Waals surface area contributed by atoms with Gasteiger partial charge in [-0.2, -0.15) is 4.31 Å². The molecule has 1 saturated heterocycles. The maximum absolute atomic E-state index is 13.1. The van der Waals surface area contributed by atoms with E-state index in [9.17, 15) is 21.6 Å². The molecule has 0 bridgehead atoms. The number of nitrogens with zero attached hydrogens (tertiary/aromatic N) is 1. The van der Waals surface area contributed by atoms with Crippen molar-refractivity contribution in [3.8, 4) is 5.75 Å². The first kappa shape index (κ1) is 27.1. The number of carbonyl (C=O) groups is 1. The average molecular weight is 609 g/mol. The van der Waals surface area contributed by atoms with Crippen molar-refractivity contribution in [3.63, 3.8) is 0 Å². The standard InChI is InChI=1S/C25H26BrN3O6S2/c1-35-22-10-14-24(15-11-22)37(33,34)29-16-2-3-18(17-29)25(30)27-20-8-12-23(13-9-20)36(31,32)28-21-6-4-19(26)5-7-21/h4-15,18,28H,2-3,16-17H2,1H3,(H,27,30)/t18-/m1/s1. The van der Waals surface area contributed by atoms with E-state index < -0.39 is 26.0 Å². The van der Waals surface area contributed by atoms with E-state index in [4.69, 9.17) is 4.74 Å². The second kappa shape index (κ2) is 11.2. The molecule has 1 fully saturated rings. The lowest BCUT2D eigenvalue weighted by Gasteiger charge is -2.31. The van der Waals surface area contributed by atoms with Gasteiger partial charge in [-0.3, -0.25) is 9.52 Å². The van der Waals surface area contributed by atoms with E-state index in [0.717, 1.165) is 4.47 Å². The lowest BCUT2D eigenvalue weighted by Crippen LogP contribution is -2.43. The SMILES string of the molecule is COc1ccc(S(=O)(=O)N2CCC[C@@H](C(=O)Nc3ccc(S(=O)(=O)Nc4ccc(Br)cc4)cc3)C2)cc1. The summed E-state index contributed by atoms with van der Waals surface area (Å²) in [6.45, 7) is 0.389. The molecule has 1 aliphatic heterocycles. The van der Waals surface area contributed by atoms with Gasteiger partial charge in [0.05, 0.1) is 22.8 Å². The van der Waals surface area contributed by atoms with Gasteiger partial charge in [-0.15, -0.1) is 0 Å². The molecule has 196 valence electrons. The van der Waals surface area contributed by atoms with E-state index >= 15 is 0 Å². The topological polar surface area (TPSA) is 122 Å². The fourth-order valence-electron chi connectivity index (χ4n) is 3.97. The second-order valence-corrected chi connectivity index (χ2v) is 13.0. The third-order valence-electron chi connectivity index (χ3n) is 5.98. The van der Waals surface area contributed by atoms with Crippen LogP contribution in [0, 0.1) is 5.92 Å². The summed E-state index contributed by atoms with van der Waals surface area (Å²) in [5.41, 5.74) is 0.842. The molecule has 1 heterocycles. The number of carbonyl (C=O) groups excluding carboxylic acids is 1. The number of hydrogen-bond acceptors (Lipinski definition) is 6. The summed E-state index contributed by atoms with van der Waals surface area (Å²) in [6, 6.07) is 18.7. The monoisotopic (exact) mass is 607 g/mol. The van der Waals surface area contributed by atoms with Gasteiger partial charge >= 0.3 is 0 Å². The molecule has 0 unspecified atom stereocenters. The van der Waals surface area contributed by atoms with Crippen LogP contribution in [0.4, 0.5) is 11.4 Å². The smallest absolute Gasteiger partial charge is 0.261 e. The third-order valence-corrected chi connectivity index (χ3v) is 9.79. The van der Waals surface area contributed by atoms with Gasteiger partial charge in [0.15, 0.2) is 0 Å². The minimum atomic E-state index is -3.81. The van der Waals surface area contributed by atoms with Gasteiger partial charge in [-0.25, -0.2) is 16.8 Å². The number of rotatable bonds is 8. The lowest BCUT2D eigenvalue weighted by atomic mass is 9.99. The molecular formula is C25H26BrN3O6S2. The Balaban J connectivity index is 1.40. The van der Waals surface area contributed by atoms with Crippen molar-refractivity contribution in [2.24, 2.45) is 5.92 Å². The Morgan fingerprint density at radius 2 is 1.49 bits per heavy atom. The summed E-state index contributed by atoms with van der Waals surface area (Å²) in [5.74, 6) is -0.305. The van der Waals surface area contributed by atoms with Crippen LogP contribution < -0.4 is 14.8 Å². The predicted octanol–water partition coefficient (Wildman–Crippen LogP) is 4.30. The summed E-state index contributed by atoms with van der Waals surface area (Å²) < 4.78 is 61.3. The molecule has 3 aromatic rings. The Kier molecular flexibility index (Phi) is 8.22. The quantitative estimate of drug-likeness (QED) is 0.394. The Bertz CT molecular complexity index is 1460. The maximum Gasteiger partial charge on any atom is 0.261 e. The molecule has 0 saturated carbocycles. The number of benzene rings is 3. The van der Waals surface area contributed by atoms with Gasteiger partial charge in [0.2, 0.25) is 15.9 Å². The Morgan fingerprint density at radius 3 is 2.11 bits per heavy atom. The molecule has 1 aliphatic rings. The molecule has 4 rings (SSSR count). The zero-order chi connectivity index (χ0) is 26.6. The van der Waals surface area contributed by atoms with Crippen molar-refractivity contribution in [2.75, 3.05) is 30.2 Å². The highest BCUT2D eigenvalue weighted by Gasteiger charge is 2.33. The van der Waals surface area contributed by atoms with Crippen LogP contribution in [0.25, 0.3) is 0 Å². The molecule has 37 heavy (non-hydrogen) atoms. The van der Waals surface area contributed by atoms with Crippen LogP contribution in [-0.4, -0.2) is 47.2 Å². The van der Waals surface area contributed by atoms with Crippen LogP contribution in [0.2, 0.25) is 0 Å². The van der Waals surface area contributed by atoms with Crippen LogP contribution in [-0.2, 0) is 24.8 Å². The number of nitrogens with one attached hydrogen (secondary N) is 2. The van der Waals surface area contributed by atoms with Gasteiger partial charge < -0.3 is 10.1 Å². The van der Waals surface area contributed by atoms with Crippen molar-refractivity contribution in [1.29, 1.82) is 0 Å². The molecule has 1 amide bonds. The molecule has 0 radical (unpaired) electrons. The fourth-order valence-corrected chi connectivity index (χ4v) is 6.81. The fraction of sp³-hybridized carbons (Fsp3) is 0.240.